The minimum atomic E-state index is -3.61. The first-order chi connectivity index (χ1) is 8.90. The minimum Gasteiger partial charge on any atom is -0.494 e. The van der Waals surface area contributed by atoms with Crippen molar-refractivity contribution >= 4 is 32.9 Å². The lowest BCUT2D eigenvalue weighted by Crippen LogP contribution is -2.37. The molecule has 1 aromatic carbocycles. The summed E-state index contributed by atoms with van der Waals surface area (Å²) in [5.74, 6) is 0.687. The fourth-order valence-corrected chi connectivity index (χ4v) is 3.49. The van der Waals surface area contributed by atoms with Crippen molar-refractivity contribution < 1.29 is 13.2 Å². The zero-order valence-electron chi connectivity index (χ0n) is 10.9. The predicted molar refractivity (Wildman–Crippen MR) is 81.0 cm³/mol. The Morgan fingerprint density at radius 2 is 1.95 bits per heavy atom. The SMILES string of the molecule is CCOc1ccc(NS(=O)(=O)C(CC)C(N)=S)cc1. The minimum absolute atomic E-state index is 0.0269. The van der Waals surface area contributed by atoms with Crippen LogP contribution in [0, 0.1) is 0 Å². The van der Waals surface area contributed by atoms with E-state index in [0.29, 0.717) is 24.5 Å². The van der Waals surface area contributed by atoms with E-state index in [1.165, 1.54) is 0 Å². The monoisotopic (exact) mass is 302 g/mol. The number of ether oxygens (including phenoxy) is 1. The van der Waals surface area contributed by atoms with Gasteiger partial charge in [0.1, 0.15) is 11.0 Å². The number of hydrogen-bond acceptors (Lipinski definition) is 4. The molecule has 1 rings (SSSR count). The van der Waals surface area contributed by atoms with E-state index in [1.807, 2.05) is 6.92 Å². The molecular formula is C12H18N2O3S2. The lowest BCUT2D eigenvalue weighted by atomic mass is 10.3. The normalized spacial score (nSPS) is 12.7. The fraction of sp³-hybridized carbons (Fsp3) is 0.417. The summed E-state index contributed by atoms with van der Waals surface area (Å²) >= 11 is 4.77. The van der Waals surface area contributed by atoms with Crippen molar-refractivity contribution in [3.63, 3.8) is 0 Å². The molecule has 5 nitrogen and oxygen atoms in total. The number of thiocarbonyl (C=S) groups is 1. The first-order valence-corrected chi connectivity index (χ1v) is 7.90. The van der Waals surface area contributed by atoms with Gasteiger partial charge in [0.25, 0.3) is 0 Å². The highest BCUT2D eigenvalue weighted by Gasteiger charge is 2.26. The van der Waals surface area contributed by atoms with E-state index in [-0.39, 0.29) is 4.99 Å². The van der Waals surface area contributed by atoms with Crippen molar-refractivity contribution in [2.75, 3.05) is 11.3 Å². The highest BCUT2D eigenvalue weighted by molar-refractivity contribution is 7.95. The topological polar surface area (TPSA) is 81.4 Å². The summed E-state index contributed by atoms with van der Waals surface area (Å²) < 4.78 is 31.9. The Kier molecular flexibility index (Phi) is 5.56. The van der Waals surface area contributed by atoms with Gasteiger partial charge in [-0.2, -0.15) is 0 Å². The Hall–Kier alpha value is -1.34. The van der Waals surface area contributed by atoms with E-state index in [9.17, 15) is 8.42 Å². The Balaban J connectivity index is 2.86. The van der Waals surface area contributed by atoms with Crippen molar-refractivity contribution in [1.82, 2.24) is 0 Å². The first kappa shape index (κ1) is 15.7. The van der Waals surface area contributed by atoms with Crippen LogP contribution < -0.4 is 15.2 Å². The van der Waals surface area contributed by atoms with Gasteiger partial charge in [0.2, 0.25) is 10.0 Å². The maximum atomic E-state index is 12.1. The molecule has 1 unspecified atom stereocenters. The van der Waals surface area contributed by atoms with Gasteiger partial charge >= 0.3 is 0 Å². The molecule has 1 atom stereocenters. The fourth-order valence-electron chi connectivity index (χ4n) is 1.59. The second kappa shape index (κ2) is 6.72. The zero-order chi connectivity index (χ0) is 14.5. The Morgan fingerprint density at radius 1 is 1.37 bits per heavy atom. The number of benzene rings is 1. The third-order valence-corrected chi connectivity index (χ3v) is 4.78. The maximum Gasteiger partial charge on any atom is 0.242 e. The average Bonchev–Trinajstić information content (AvgIpc) is 2.31. The van der Waals surface area contributed by atoms with Crippen molar-refractivity contribution in [2.24, 2.45) is 5.73 Å². The molecular weight excluding hydrogens is 284 g/mol. The molecule has 0 heterocycles. The van der Waals surface area contributed by atoms with Crippen LogP contribution in [0.25, 0.3) is 0 Å². The van der Waals surface area contributed by atoms with Crippen molar-refractivity contribution in [1.29, 1.82) is 0 Å². The summed E-state index contributed by atoms with van der Waals surface area (Å²) in [7, 11) is -3.61. The number of sulfonamides is 1. The Bertz CT molecular complexity index is 526. The number of hydrogen-bond donors (Lipinski definition) is 2. The van der Waals surface area contributed by atoms with Crippen molar-refractivity contribution in [3.8, 4) is 5.75 Å². The molecule has 19 heavy (non-hydrogen) atoms. The highest BCUT2D eigenvalue weighted by Crippen LogP contribution is 2.18. The molecule has 1 aromatic rings. The molecule has 0 bridgehead atoms. The van der Waals surface area contributed by atoms with Crippen LogP contribution >= 0.6 is 12.2 Å². The average molecular weight is 302 g/mol. The smallest absolute Gasteiger partial charge is 0.242 e. The van der Waals surface area contributed by atoms with Crippen LogP contribution in [-0.2, 0) is 10.0 Å². The first-order valence-electron chi connectivity index (χ1n) is 5.94. The third-order valence-electron chi connectivity index (χ3n) is 2.49. The standard InChI is InChI=1S/C12H18N2O3S2/c1-3-11(12(13)18)19(15,16)14-9-5-7-10(8-6-9)17-4-2/h5-8,11,14H,3-4H2,1-2H3,(H2,13,18). The molecule has 0 radical (unpaired) electrons. The van der Waals surface area contributed by atoms with Gasteiger partial charge in [-0.15, -0.1) is 0 Å². The molecule has 0 spiro atoms. The second-order valence-corrected chi connectivity index (χ2v) is 6.24. The summed E-state index contributed by atoms with van der Waals surface area (Å²) in [4.78, 5) is -0.0269. The molecule has 0 aromatic heterocycles. The second-order valence-electron chi connectivity index (χ2n) is 3.90. The highest BCUT2D eigenvalue weighted by atomic mass is 32.2. The molecule has 0 saturated heterocycles. The molecule has 0 amide bonds. The third kappa shape index (κ3) is 4.36. The van der Waals surface area contributed by atoms with Crippen LogP contribution in [0.2, 0.25) is 0 Å². The molecule has 0 fully saturated rings. The van der Waals surface area contributed by atoms with Crippen LogP contribution in [0.5, 0.6) is 5.75 Å². The summed E-state index contributed by atoms with van der Waals surface area (Å²) in [6.45, 7) is 4.16. The Morgan fingerprint density at radius 3 is 2.37 bits per heavy atom. The molecule has 0 saturated carbocycles. The van der Waals surface area contributed by atoms with Gasteiger partial charge in [-0.25, -0.2) is 8.42 Å². The largest absolute Gasteiger partial charge is 0.494 e. The quantitative estimate of drug-likeness (QED) is 0.752. The van der Waals surface area contributed by atoms with E-state index in [0.717, 1.165) is 0 Å². The molecule has 0 aliphatic rings. The van der Waals surface area contributed by atoms with E-state index in [2.05, 4.69) is 4.72 Å². The van der Waals surface area contributed by atoms with Crippen LogP contribution in [0.1, 0.15) is 20.3 Å². The van der Waals surface area contributed by atoms with Gasteiger partial charge in [-0.05, 0) is 37.6 Å². The molecule has 0 aliphatic heterocycles. The van der Waals surface area contributed by atoms with E-state index < -0.39 is 15.3 Å². The number of nitrogens with one attached hydrogen (secondary N) is 1. The van der Waals surface area contributed by atoms with Gasteiger partial charge in [0.05, 0.1) is 11.6 Å². The van der Waals surface area contributed by atoms with Gasteiger partial charge in [0.15, 0.2) is 0 Å². The van der Waals surface area contributed by atoms with Gasteiger partial charge in [-0.1, -0.05) is 19.1 Å². The number of anilines is 1. The summed E-state index contributed by atoms with van der Waals surface area (Å²) in [6, 6.07) is 6.66. The summed E-state index contributed by atoms with van der Waals surface area (Å²) in [5.41, 5.74) is 5.90. The molecule has 106 valence electrons. The molecule has 0 aliphatic carbocycles. The van der Waals surface area contributed by atoms with Crippen molar-refractivity contribution in [3.05, 3.63) is 24.3 Å². The van der Waals surface area contributed by atoms with Gasteiger partial charge < -0.3 is 10.5 Å². The van der Waals surface area contributed by atoms with Crippen LogP contribution in [0.15, 0.2) is 24.3 Å². The van der Waals surface area contributed by atoms with Gasteiger partial charge in [0, 0.05) is 5.69 Å². The summed E-state index contributed by atoms with van der Waals surface area (Å²) in [5, 5.41) is -0.867. The lowest BCUT2D eigenvalue weighted by molar-refractivity contribution is 0.340. The molecule has 3 N–H and O–H groups in total. The van der Waals surface area contributed by atoms with E-state index in [1.54, 1.807) is 31.2 Å². The van der Waals surface area contributed by atoms with Gasteiger partial charge in [-0.3, -0.25) is 4.72 Å². The Labute approximate surface area is 119 Å². The van der Waals surface area contributed by atoms with Crippen LogP contribution in [0.3, 0.4) is 0 Å². The number of rotatable bonds is 7. The maximum absolute atomic E-state index is 12.1. The lowest BCUT2D eigenvalue weighted by Gasteiger charge is -2.16. The van der Waals surface area contributed by atoms with E-state index >= 15 is 0 Å². The zero-order valence-corrected chi connectivity index (χ0v) is 12.6. The van der Waals surface area contributed by atoms with E-state index in [4.69, 9.17) is 22.7 Å². The van der Waals surface area contributed by atoms with Crippen LogP contribution in [-0.4, -0.2) is 25.3 Å². The van der Waals surface area contributed by atoms with Crippen LogP contribution in [0.4, 0.5) is 5.69 Å². The van der Waals surface area contributed by atoms with Crippen molar-refractivity contribution in [2.45, 2.75) is 25.5 Å². The summed E-state index contributed by atoms with van der Waals surface area (Å²) in [6.07, 6.45) is 0.335. The predicted octanol–water partition coefficient (Wildman–Crippen LogP) is 1.89. The number of nitrogens with two attached hydrogens (primary N) is 1. The molecule has 7 heteroatoms.